The number of esters is 1. The number of hydrogen-bond acceptors (Lipinski definition) is 3. The predicted molar refractivity (Wildman–Crippen MR) is 62.7 cm³/mol. The first kappa shape index (κ1) is 15.3. The van der Waals surface area contributed by atoms with Crippen LogP contribution in [0.2, 0.25) is 0 Å². The minimum atomic E-state index is -4.72. The van der Waals surface area contributed by atoms with Crippen molar-refractivity contribution in [3.63, 3.8) is 0 Å². The van der Waals surface area contributed by atoms with E-state index in [1.807, 2.05) is 0 Å². The fourth-order valence-electron chi connectivity index (χ4n) is 1.35. The van der Waals surface area contributed by atoms with E-state index in [0.717, 1.165) is 12.1 Å². The third-order valence-electron chi connectivity index (χ3n) is 1.93. The van der Waals surface area contributed by atoms with Crippen molar-refractivity contribution >= 4 is 5.97 Å². The molecule has 0 saturated heterocycles. The molecular weight excluding hydrogens is 261 g/mol. The number of alkyl halides is 3. The fraction of sp³-hybridized carbons (Fsp3) is 0.462. The highest BCUT2D eigenvalue weighted by molar-refractivity contribution is 5.73. The normalized spacial score (nSPS) is 12.1. The Balaban J connectivity index is 2.60. The molecule has 0 unspecified atom stereocenters. The van der Waals surface area contributed by atoms with Crippen molar-refractivity contribution in [2.45, 2.75) is 39.2 Å². The first-order valence-electron chi connectivity index (χ1n) is 5.62. The van der Waals surface area contributed by atoms with Gasteiger partial charge in [0.1, 0.15) is 11.4 Å². The molecule has 6 heteroatoms. The molecule has 0 aliphatic carbocycles. The number of halogens is 3. The van der Waals surface area contributed by atoms with E-state index in [4.69, 9.17) is 4.74 Å². The molecule has 0 aliphatic heterocycles. The summed E-state index contributed by atoms with van der Waals surface area (Å²) in [4.78, 5) is 11.5. The van der Waals surface area contributed by atoms with Crippen LogP contribution < -0.4 is 4.74 Å². The summed E-state index contributed by atoms with van der Waals surface area (Å²) in [6.45, 7) is 5.22. The van der Waals surface area contributed by atoms with E-state index in [2.05, 4.69) is 4.74 Å². The van der Waals surface area contributed by atoms with Gasteiger partial charge in [-0.05, 0) is 38.5 Å². The maximum absolute atomic E-state index is 11.9. The lowest BCUT2D eigenvalue weighted by Crippen LogP contribution is -2.24. The number of benzene rings is 1. The molecule has 0 fully saturated rings. The zero-order valence-corrected chi connectivity index (χ0v) is 10.9. The summed E-state index contributed by atoms with van der Waals surface area (Å²) in [5, 5.41) is 0. The van der Waals surface area contributed by atoms with Crippen molar-refractivity contribution in [2.24, 2.45) is 0 Å². The monoisotopic (exact) mass is 276 g/mol. The first-order chi connectivity index (χ1) is 8.55. The molecule has 0 heterocycles. The van der Waals surface area contributed by atoms with Crippen LogP contribution in [-0.2, 0) is 16.0 Å². The summed E-state index contributed by atoms with van der Waals surface area (Å²) in [5.74, 6) is -0.752. The van der Waals surface area contributed by atoms with Crippen LogP contribution in [0.1, 0.15) is 26.3 Å². The van der Waals surface area contributed by atoms with Gasteiger partial charge >= 0.3 is 12.3 Å². The van der Waals surface area contributed by atoms with Crippen LogP contribution in [0.25, 0.3) is 0 Å². The number of hydrogen-bond donors (Lipinski definition) is 0. The van der Waals surface area contributed by atoms with Gasteiger partial charge in [0, 0.05) is 0 Å². The largest absolute Gasteiger partial charge is 0.573 e. The Bertz CT molecular complexity index is 430. The van der Waals surface area contributed by atoms with E-state index in [-0.39, 0.29) is 12.2 Å². The highest BCUT2D eigenvalue weighted by Crippen LogP contribution is 2.23. The topological polar surface area (TPSA) is 35.5 Å². The average Bonchev–Trinajstić information content (AvgIpc) is 2.15. The molecule has 0 saturated carbocycles. The molecule has 0 atom stereocenters. The zero-order chi connectivity index (χ0) is 14.7. The molecule has 0 bridgehead atoms. The maximum Gasteiger partial charge on any atom is 0.573 e. The average molecular weight is 276 g/mol. The minimum Gasteiger partial charge on any atom is -0.460 e. The molecule has 0 N–H and O–H groups in total. The van der Waals surface area contributed by atoms with Gasteiger partial charge in [-0.3, -0.25) is 4.79 Å². The molecule has 1 rings (SSSR count). The van der Waals surface area contributed by atoms with E-state index in [1.165, 1.54) is 12.1 Å². The van der Waals surface area contributed by atoms with Crippen molar-refractivity contribution in [3.8, 4) is 5.75 Å². The fourth-order valence-corrected chi connectivity index (χ4v) is 1.35. The molecule has 0 spiro atoms. The summed E-state index contributed by atoms with van der Waals surface area (Å²) >= 11 is 0. The summed E-state index contributed by atoms with van der Waals surface area (Å²) in [6, 6.07) is 5.11. The SMILES string of the molecule is CC(C)(C)OC(=O)Cc1ccc(OC(F)(F)F)cc1. The Labute approximate surface area is 109 Å². The second-order valence-electron chi connectivity index (χ2n) is 4.95. The number of carbonyl (C=O) groups is 1. The van der Waals surface area contributed by atoms with E-state index in [0.29, 0.717) is 5.56 Å². The Kier molecular flexibility index (Phi) is 4.44. The molecule has 0 radical (unpaired) electrons. The maximum atomic E-state index is 11.9. The third kappa shape index (κ3) is 6.69. The highest BCUT2D eigenvalue weighted by Gasteiger charge is 2.31. The minimum absolute atomic E-state index is 0.00354. The molecule has 1 aromatic rings. The van der Waals surface area contributed by atoms with Gasteiger partial charge in [0.25, 0.3) is 0 Å². The van der Waals surface area contributed by atoms with Crippen LogP contribution in [0, 0.1) is 0 Å². The summed E-state index contributed by atoms with van der Waals surface area (Å²) in [6.07, 6.45) is -4.71. The number of ether oxygens (including phenoxy) is 2. The molecule has 0 aliphatic rings. The van der Waals surface area contributed by atoms with Gasteiger partial charge in [-0.1, -0.05) is 12.1 Å². The summed E-state index contributed by atoms with van der Waals surface area (Å²) < 4.78 is 44.7. The van der Waals surface area contributed by atoms with E-state index in [1.54, 1.807) is 20.8 Å². The lowest BCUT2D eigenvalue weighted by Gasteiger charge is -2.19. The first-order valence-corrected chi connectivity index (χ1v) is 5.62. The molecule has 3 nitrogen and oxygen atoms in total. The Morgan fingerprint density at radius 2 is 1.63 bits per heavy atom. The Hall–Kier alpha value is -1.72. The Morgan fingerprint density at radius 1 is 1.11 bits per heavy atom. The van der Waals surface area contributed by atoms with Crippen LogP contribution >= 0.6 is 0 Å². The number of rotatable bonds is 3. The van der Waals surface area contributed by atoms with Gasteiger partial charge in [-0.25, -0.2) is 0 Å². The van der Waals surface area contributed by atoms with Crippen molar-refractivity contribution < 1.29 is 27.4 Å². The van der Waals surface area contributed by atoms with Crippen LogP contribution in [0.3, 0.4) is 0 Å². The number of carbonyl (C=O) groups excluding carboxylic acids is 1. The van der Waals surface area contributed by atoms with Crippen LogP contribution in [0.5, 0.6) is 5.75 Å². The molecule has 0 amide bonds. The zero-order valence-electron chi connectivity index (χ0n) is 10.9. The summed E-state index contributed by atoms with van der Waals surface area (Å²) in [5.41, 5.74) is -0.0278. The van der Waals surface area contributed by atoms with Crippen molar-refractivity contribution in [1.82, 2.24) is 0 Å². The van der Waals surface area contributed by atoms with Gasteiger partial charge in [0.15, 0.2) is 0 Å². The van der Waals surface area contributed by atoms with Crippen LogP contribution in [0.4, 0.5) is 13.2 Å². The lowest BCUT2D eigenvalue weighted by atomic mass is 10.1. The highest BCUT2D eigenvalue weighted by atomic mass is 19.4. The summed E-state index contributed by atoms with van der Waals surface area (Å²) in [7, 11) is 0. The van der Waals surface area contributed by atoms with Crippen LogP contribution in [-0.4, -0.2) is 17.9 Å². The smallest absolute Gasteiger partial charge is 0.460 e. The second kappa shape index (κ2) is 5.50. The standard InChI is InChI=1S/C13H15F3O3/c1-12(2,3)19-11(17)8-9-4-6-10(7-5-9)18-13(14,15)16/h4-7H,8H2,1-3H3. The molecule has 19 heavy (non-hydrogen) atoms. The van der Waals surface area contributed by atoms with E-state index < -0.39 is 17.9 Å². The van der Waals surface area contributed by atoms with Crippen LogP contribution in [0.15, 0.2) is 24.3 Å². The third-order valence-corrected chi connectivity index (χ3v) is 1.93. The molecule has 0 aromatic heterocycles. The lowest BCUT2D eigenvalue weighted by molar-refractivity contribution is -0.274. The van der Waals surface area contributed by atoms with Gasteiger partial charge in [0.05, 0.1) is 6.42 Å². The van der Waals surface area contributed by atoms with Crippen molar-refractivity contribution in [1.29, 1.82) is 0 Å². The molecular formula is C13H15F3O3. The van der Waals surface area contributed by atoms with E-state index >= 15 is 0 Å². The molecule has 106 valence electrons. The van der Waals surface area contributed by atoms with Crippen molar-refractivity contribution in [3.05, 3.63) is 29.8 Å². The van der Waals surface area contributed by atoms with E-state index in [9.17, 15) is 18.0 Å². The predicted octanol–water partition coefficient (Wildman–Crippen LogP) is 3.47. The van der Waals surface area contributed by atoms with Gasteiger partial charge in [-0.2, -0.15) is 0 Å². The van der Waals surface area contributed by atoms with Gasteiger partial charge in [0.2, 0.25) is 0 Å². The quantitative estimate of drug-likeness (QED) is 0.793. The second-order valence-corrected chi connectivity index (χ2v) is 4.95. The van der Waals surface area contributed by atoms with Crippen molar-refractivity contribution in [2.75, 3.05) is 0 Å². The molecule has 1 aromatic carbocycles. The van der Waals surface area contributed by atoms with Gasteiger partial charge < -0.3 is 9.47 Å². The van der Waals surface area contributed by atoms with Gasteiger partial charge in [-0.15, -0.1) is 13.2 Å². The Morgan fingerprint density at radius 3 is 2.05 bits per heavy atom.